The van der Waals surface area contributed by atoms with Crippen LogP contribution in [0, 0.1) is 23.7 Å². The third kappa shape index (κ3) is 40.9. The molecule has 0 aromatic heterocycles. The fourth-order valence-electron chi connectivity index (χ4n) is 11.6. The minimum absolute atomic E-state index is 0.0486. The SMILES string of the molecule is CC(=O)C(CC(C)C)N(CCC(=O)O)C(=O)CCCC(C(=O)NCCC(=O)N(CCC(=O)O)C(CC(C)C)C(C)=O)N(CCCCCC(=O)N(CCC(=O)O)C(CC(C)C)C(=O)NCCCCCC(=O)O)C(=O)CCCC(=O)N(CCC(=O)O)C(CC(C)C)C(=O)NCCCCCC(=O)O. The summed E-state index contributed by atoms with van der Waals surface area (Å²) >= 11 is 0. The average Bonchev–Trinajstić information content (AvgIpc) is 0.873. The lowest BCUT2D eigenvalue weighted by Crippen LogP contribution is -2.51. The van der Waals surface area contributed by atoms with Gasteiger partial charge in [0.25, 0.3) is 0 Å². The maximum Gasteiger partial charge on any atom is 0.305 e. The number of carboxylic acid groups (broad SMARTS) is 6. The number of hydrogen-bond donors (Lipinski definition) is 9. The number of hydrogen-bond acceptors (Lipinski definition) is 16. The van der Waals surface area contributed by atoms with Crippen LogP contribution in [-0.4, -0.2) is 232 Å². The number of Topliss-reactive ketones (excluding diaryl/α,β-unsaturated/α-hetero) is 2. The standard InChI is InChI=1S/C70H118N8O22/c1-46(2)42-53(50(9)79)75(38-30-64(90)91)59(83)24-20-22-52(68(98)73-36-29-61(85)76(39-31-65(92)93)54(51(10)80)43-47(3)4)74(37-19-13-14-23-57(81)77(40-32-66(94)95)55(44-48(5)6)69(99)71-34-17-11-15-27-62(86)87)58(82)25-21-26-60(84)78(41-33-67(96)97)56(45-49(7)8)70(100)72-35-18-12-16-28-63(88)89/h46-49,52-56H,11-45H2,1-10H3,(H,71,99)(H,72,100)(H,73,98)(H,86,87)(H,88,89)(H,90,91)(H,92,93)(H,94,95)(H,96,97). The Morgan fingerprint density at radius 2 is 0.520 bits per heavy atom. The molecule has 9 N–H and O–H groups in total. The first-order valence-electron chi connectivity index (χ1n) is 35.5. The fraction of sp³-hybridized carbons (Fsp3) is 0.771. The molecule has 0 saturated heterocycles. The maximum absolute atomic E-state index is 15.1. The van der Waals surface area contributed by atoms with Crippen LogP contribution in [0.4, 0.5) is 0 Å². The summed E-state index contributed by atoms with van der Waals surface area (Å²) in [6.45, 7) is 15.5. The Labute approximate surface area is 589 Å². The van der Waals surface area contributed by atoms with Gasteiger partial charge in [-0.25, -0.2) is 0 Å². The lowest BCUT2D eigenvalue weighted by molar-refractivity contribution is -0.145. The number of amides is 8. The molecular formula is C70H118N8O22. The van der Waals surface area contributed by atoms with Crippen molar-refractivity contribution >= 4 is 94.6 Å². The highest BCUT2D eigenvalue weighted by Gasteiger charge is 2.36. The zero-order valence-corrected chi connectivity index (χ0v) is 60.9. The monoisotopic (exact) mass is 1420 g/mol. The van der Waals surface area contributed by atoms with Crippen LogP contribution in [0.25, 0.3) is 0 Å². The number of unbranched alkanes of at least 4 members (excludes halogenated alkanes) is 6. The fourth-order valence-corrected chi connectivity index (χ4v) is 11.6. The number of nitrogens with one attached hydrogen (secondary N) is 3. The maximum atomic E-state index is 15.1. The summed E-state index contributed by atoms with van der Waals surface area (Å²) in [4.78, 5) is 216. The van der Waals surface area contributed by atoms with Crippen molar-refractivity contribution < 1.29 is 107 Å². The number of nitrogens with zero attached hydrogens (tertiary/aromatic N) is 5. The first-order chi connectivity index (χ1) is 46.9. The number of aliphatic carboxylic acids is 6. The molecule has 8 amide bonds. The van der Waals surface area contributed by atoms with Crippen molar-refractivity contribution in [1.82, 2.24) is 40.4 Å². The van der Waals surface area contributed by atoms with Crippen LogP contribution in [0.2, 0.25) is 0 Å². The van der Waals surface area contributed by atoms with Crippen molar-refractivity contribution in [2.24, 2.45) is 23.7 Å². The van der Waals surface area contributed by atoms with Crippen molar-refractivity contribution in [3.05, 3.63) is 0 Å². The molecule has 0 radical (unpaired) electrons. The summed E-state index contributed by atoms with van der Waals surface area (Å²) in [5, 5.41) is 65.1. The van der Waals surface area contributed by atoms with Crippen molar-refractivity contribution in [2.75, 3.05) is 52.4 Å². The van der Waals surface area contributed by atoms with E-state index in [0.717, 1.165) is 9.80 Å². The van der Waals surface area contributed by atoms with Crippen LogP contribution in [-0.2, 0) is 76.7 Å². The molecule has 0 aromatic rings. The number of rotatable bonds is 59. The van der Waals surface area contributed by atoms with Gasteiger partial charge in [-0.1, -0.05) is 74.7 Å². The van der Waals surface area contributed by atoms with Crippen LogP contribution in [0.3, 0.4) is 0 Å². The predicted molar refractivity (Wildman–Crippen MR) is 368 cm³/mol. The van der Waals surface area contributed by atoms with Crippen molar-refractivity contribution in [1.29, 1.82) is 0 Å². The van der Waals surface area contributed by atoms with Crippen LogP contribution in [0.15, 0.2) is 0 Å². The Balaban J connectivity index is 7.83. The van der Waals surface area contributed by atoms with Gasteiger partial charge < -0.3 is 71.1 Å². The van der Waals surface area contributed by atoms with E-state index in [4.69, 9.17) is 10.2 Å². The van der Waals surface area contributed by atoms with E-state index in [-0.39, 0.29) is 159 Å². The molecule has 0 fully saturated rings. The van der Waals surface area contributed by atoms with Crippen molar-refractivity contribution in [3.8, 4) is 0 Å². The second-order valence-corrected chi connectivity index (χ2v) is 27.4. The molecule has 0 saturated carbocycles. The minimum Gasteiger partial charge on any atom is -0.481 e. The van der Waals surface area contributed by atoms with Crippen LogP contribution < -0.4 is 16.0 Å². The van der Waals surface area contributed by atoms with Gasteiger partial charge in [-0.05, 0) is 121 Å². The summed E-state index contributed by atoms with van der Waals surface area (Å²) in [5.41, 5.74) is 0. The predicted octanol–water partition coefficient (Wildman–Crippen LogP) is 6.16. The quantitative estimate of drug-likeness (QED) is 0.0308. The number of carbonyl (C=O) groups excluding carboxylic acids is 10. The van der Waals surface area contributed by atoms with Crippen LogP contribution in [0.5, 0.6) is 0 Å². The van der Waals surface area contributed by atoms with Gasteiger partial charge in [0.2, 0.25) is 47.3 Å². The molecular weight excluding hydrogens is 1300 g/mol. The Morgan fingerprint density at radius 3 is 0.850 bits per heavy atom. The van der Waals surface area contributed by atoms with E-state index < -0.39 is 176 Å². The molecule has 5 unspecified atom stereocenters. The van der Waals surface area contributed by atoms with E-state index in [1.165, 1.54) is 28.5 Å². The summed E-state index contributed by atoms with van der Waals surface area (Å²) < 4.78 is 0. The van der Waals surface area contributed by atoms with Gasteiger partial charge in [-0.3, -0.25) is 76.7 Å². The largest absolute Gasteiger partial charge is 0.481 e. The lowest BCUT2D eigenvalue weighted by atomic mass is 9.98. The first-order valence-corrected chi connectivity index (χ1v) is 35.5. The van der Waals surface area contributed by atoms with E-state index in [9.17, 15) is 92.3 Å². The summed E-state index contributed by atoms with van der Waals surface area (Å²) in [5.74, 6) is -13.3. The van der Waals surface area contributed by atoms with E-state index in [0.29, 0.717) is 38.5 Å². The molecule has 0 aliphatic carbocycles. The Hall–Kier alpha value is -8.08. The van der Waals surface area contributed by atoms with Gasteiger partial charge in [0, 0.05) is 97.3 Å². The second kappa shape index (κ2) is 51.1. The molecule has 100 heavy (non-hydrogen) atoms. The van der Waals surface area contributed by atoms with Gasteiger partial charge >= 0.3 is 35.8 Å². The minimum atomic E-state index is -1.47. The third-order valence-corrected chi connectivity index (χ3v) is 16.7. The molecule has 570 valence electrons. The normalized spacial score (nSPS) is 12.7. The Bertz CT molecular complexity index is 2670. The van der Waals surface area contributed by atoms with E-state index in [1.807, 2.05) is 41.5 Å². The number of carbonyl (C=O) groups is 16. The summed E-state index contributed by atoms with van der Waals surface area (Å²) in [6.07, 6.45) is -0.926. The molecule has 0 rings (SSSR count). The molecule has 5 atom stereocenters. The molecule has 0 bridgehead atoms. The number of ketones is 2. The van der Waals surface area contributed by atoms with Crippen LogP contribution >= 0.6 is 0 Å². The Kier molecular flexibility index (Phi) is 47.0. The smallest absolute Gasteiger partial charge is 0.305 e. The van der Waals surface area contributed by atoms with E-state index in [2.05, 4.69) is 16.0 Å². The van der Waals surface area contributed by atoms with Gasteiger partial charge in [0.05, 0.1) is 37.8 Å². The highest BCUT2D eigenvalue weighted by atomic mass is 16.4. The van der Waals surface area contributed by atoms with Gasteiger partial charge in [-0.15, -0.1) is 0 Å². The van der Waals surface area contributed by atoms with E-state index in [1.54, 1.807) is 13.8 Å². The summed E-state index contributed by atoms with van der Waals surface area (Å²) in [6, 6.07) is -5.68. The molecule has 0 heterocycles. The second-order valence-electron chi connectivity index (χ2n) is 27.4. The molecule has 0 spiro atoms. The van der Waals surface area contributed by atoms with Crippen molar-refractivity contribution in [3.63, 3.8) is 0 Å². The zero-order valence-electron chi connectivity index (χ0n) is 60.9. The average molecular weight is 1420 g/mol. The topological polar surface area (TPSA) is 447 Å². The number of carboxylic acids is 6. The van der Waals surface area contributed by atoms with Crippen LogP contribution in [0.1, 0.15) is 243 Å². The van der Waals surface area contributed by atoms with Gasteiger partial charge in [0.15, 0.2) is 11.6 Å². The third-order valence-electron chi connectivity index (χ3n) is 16.7. The molecule has 0 aromatic carbocycles. The summed E-state index contributed by atoms with van der Waals surface area (Å²) in [7, 11) is 0. The highest BCUT2D eigenvalue weighted by molar-refractivity contribution is 5.92. The van der Waals surface area contributed by atoms with Gasteiger partial charge in [-0.2, -0.15) is 0 Å². The lowest BCUT2D eigenvalue weighted by Gasteiger charge is -2.34. The molecule has 0 aliphatic heterocycles. The first kappa shape index (κ1) is 91.9. The van der Waals surface area contributed by atoms with Crippen molar-refractivity contribution in [2.45, 2.75) is 273 Å². The zero-order chi connectivity index (χ0) is 76.2. The van der Waals surface area contributed by atoms with E-state index >= 15 is 4.79 Å². The highest BCUT2D eigenvalue weighted by Crippen LogP contribution is 2.23. The van der Waals surface area contributed by atoms with Gasteiger partial charge in [0.1, 0.15) is 18.1 Å². The molecule has 30 nitrogen and oxygen atoms in total. The molecule has 30 heteroatoms. The Morgan fingerprint density at radius 1 is 0.260 bits per heavy atom. The molecule has 0 aliphatic rings.